The van der Waals surface area contributed by atoms with E-state index in [1.165, 1.54) is 21.1 Å². The molecule has 1 aliphatic carbocycles. The Balaban J connectivity index is 1.75. The molecule has 2 aromatic rings. The van der Waals surface area contributed by atoms with E-state index in [1.807, 2.05) is 30.3 Å². The number of thiazole rings is 1. The molecule has 3 rings (SSSR count). The molecule has 1 aliphatic rings. The van der Waals surface area contributed by atoms with E-state index >= 15 is 0 Å². The van der Waals surface area contributed by atoms with Crippen LogP contribution in [0.4, 0.5) is 0 Å². The molecule has 138 valence electrons. The molecule has 1 aromatic carbocycles. The first kappa shape index (κ1) is 18.8. The van der Waals surface area contributed by atoms with Gasteiger partial charge in [-0.1, -0.05) is 30.3 Å². The van der Waals surface area contributed by atoms with Crippen molar-refractivity contribution < 1.29 is 17.9 Å². The predicted molar refractivity (Wildman–Crippen MR) is 101 cm³/mol. The first-order valence-electron chi connectivity index (χ1n) is 8.36. The van der Waals surface area contributed by atoms with E-state index in [4.69, 9.17) is 4.74 Å². The van der Waals surface area contributed by atoms with Crippen molar-refractivity contribution in [2.24, 2.45) is 0 Å². The number of nitrogens with zero attached hydrogens (tertiary/aromatic N) is 2. The maximum atomic E-state index is 12.8. The van der Waals surface area contributed by atoms with E-state index in [1.54, 1.807) is 18.4 Å². The summed E-state index contributed by atoms with van der Waals surface area (Å²) in [4.78, 5) is 15.9. The summed E-state index contributed by atoms with van der Waals surface area (Å²) in [6.45, 7) is 2.17. The molecule has 0 bridgehead atoms. The van der Waals surface area contributed by atoms with E-state index < -0.39 is 16.0 Å². The normalized spacial score (nSPS) is 14.8. The summed E-state index contributed by atoms with van der Waals surface area (Å²) in [6, 6.07) is 9.29. The van der Waals surface area contributed by atoms with Gasteiger partial charge >= 0.3 is 5.97 Å². The summed E-state index contributed by atoms with van der Waals surface area (Å²) in [5.41, 5.74) is 1.05. The lowest BCUT2D eigenvalue weighted by atomic mass is 10.2. The van der Waals surface area contributed by atoms with Gasteiger partial charge in [-0.25, -0.2) is 18.2 Å². The molecule has 0 aliphatic heterocycles. The lowest BCUT2D eigenvalue weighted by Gasteiger charge is -2.18. The minimum atomic E-state index is -3.57. The lowest BCUT2D eigenvalue weighted by molar-refractivity contribution is 0.0520. The Bertz CT molecular complexity index is 887. The van der Waals surface area contributed by atoms with Crippen LogP contribution in [0, 0.1) is 0 Å². The maximum absolute atomic E-state index is 12.8. The van der Waals surface area contributed by atoms with Gasteiger partial charge in [0.25, 0.3) is 0 Å². The summed E-state index contributed by atoms with van der Waals surface area (Å²) in [6.07, 6.45) is 3.28. The molecule has 0 saturated heterocycles. The van der Waals surface area contributed by atoms with E-state index in [-0.39, 0.29) is 24.9 Å². The summed E-state index contributed by atoms with van der Waals surface area (Å²) < 4.78 is 31.9. The molecule has 6 nitrogen and oxygen atoms in total. The summed E-state index contributed by atoms with van der Waals surface area (Å²) in [7, 11) is -3.57. The van der Waals surface area contributed by atoms with Crippen LogP contribution >= 0.6 is 11.3 Å². The van der Waals surface area contributed by atoms with Gasteiger partial charge in [-0.05, 0) is 31.4 Å². The van der Waals surface area contributed by atoms with Gasteiger partial charge in [0.1, 0.15) is 5.01 Å². The van der Waals surface area contributed by atoms with Crippen LogP contribution in [0.2, 0.25) is 0 Å². The van der Waals surface area contributed by atoms with Gasteiger partial charge in [-0.2, -0.15) is 4.31 Å². The second-order valence-electron chi connectivity index (χ2n) is 5.88. The largest absolute Gasteiger partial charge is 0.461 e. The Morgan fingerprint density at radius 1 is 1.35 bits per heavy atom. The SMILES string of the molecule is CCOC(=O)c1csc(CN(C2CC2)S(=O)(=O)/C=C/c2ccccc2)n1. The van der Waals surface area contributed by atoms with Crippen molar-refractivity contribution >= 4 is 33.4 Å². The minimum absolute atomic E-state index is 0.00429. The predicted octanol–water partition coefficient (Wildman–Crippen LogP) is 3.28. The van der Waals surface area contributed by atoms with Gasteiger partial charge in [-0.3, -0.25) is 0 Å². The molecule has 0 radical (unpaired) electrons. The van der Waals surface area contributed by atoms with E-state index in [0.717, 1.165) is 18.4 Å². The van der Waals surface area contributed by atoms with Crippen LogP contribution in [0.5, 0.6) is 0 Å². The Kier molecular flexibility index (Phi) is 5.85. The molecule has 0 spiro atoms. The molecule has 0 amide bonds. The number of benzene rings is 1. The number of carbonyl (C=O) groups excluding carboxylic acids is 1. The first-order chi connectivity index (χ1) is 12.5. The number of carbonyl (C=O) groups is 1. The second-order valence-corrected chi connectivity index (χ2v) is 8.60. The topological polar surface area (TPSA) is 76.6 Å². The van der Waals surface area contributed by atoms with Crippen molar-refractivity contribution in [3.63, 3.8) is 0 Å². The van der Waals surface area contributed by atoms with E-state index in [2.05, 4.69) is 4.98 Å². The summed E-state index contributed by atoms with van der Waals surface area (Å²) in [5.74, 6) is -0.486. The molecular formula is C18H20N2O4S2. The smallest absolute Gasteiger partial charge is 0.357 e. The van der Waals surface area contributed by atoms with Gasteiger partial charge in [0.2, 0.25) is 10.0 Å². The Labute approximate surface area is 157 Å². The van der Waals surface area contributed by atoms with Crippen molar-refractivity contribution in [2.45, 2.75) is 32.4 Å². The highest BCUT2D eigenvalue weighted by molar-refractivity contribution is 7.92. The fraction of sp³-hybridized carbons (Fsp3) is 0.333. The van der Waals surface area contributed by atoms with Crippen LogP contribution < -0.4 is 0 Å². The summed E-state index contributed by atoms with van der Waals surface area (Å²) in [5, 5.41) is 3.42. The average molecular weight is 393 g/mol. The van der Waals surface area contributed by atoms with Crippen molar-refractivity contribution in [2.75, 3.05) is 6.61 Å². The van der Waals surface area contributed by atoms with Crippen molar-refractivity contribution in [3.8, 4) is 0 Å². The summed E-state index contributed by atoms with van der Waals surface area (Å²) >= 11 is 1.27. The van der Waals surface area contributed by atoms with Crippen molar-refractivity contribution in [1.29, 1.82) is 0 Å². The lowest BCUT2D eigenvalue weighted by Crippen LogP contribution is -2.31. The second kappa shape index (κ2) is 8.11. The van der Waals surface area contributed by atoms with Crippen LogP contribution in [-0.4, -0.2) is 36.3 Å². The number of hydrogen-bond donors (Lipinski definition) is 0. The van der Waals surface area contributed by atoms with Crippen molar-refractivity contribution in [1.82, 2.24) is 9.29 Å². The number of aromatic nitrogens is 1. The standard InChI is InChI=1S/C18H20N2O4S2/c1-2-24-18(21)16-13-25-17(19-16)12-20(15-8-9-15)26(22,23)11-10-14-6-4-3-5-7-14/h3-7,10-11,13,15H,2,8-9,12H2,1H3/b11-10+. The fourth-order valence-corrected chi connectivity index (χ4v) is 4.67. The third kappa shape index (κ3) is 4.78. The molecule has 1 saturated carbocycles. The number of rotatable bonds is 8. The molecule has 1 fully saturated rings. The number of ether oxygens (including phenoxy) is 1. The molecule has 0 unspecified atom stereocenters. The zero-order valence-electron chi connectivity index (χ0n) is 14.4. The zero-order chi connectivity index (χ0) is 18.6. The Morgan fingerprint density at radius 2 is 2.08 bits per heavy atom. The van der Waals surface area contributed by atoms with Crippen LogP contribution in [0.25, 0.3) is 6.08 Å². The van der Waals surface area contributed by atoms with Gasteiger partial charge < -0.3 is 4.74 Å². The maximum Gasteiger partial charge on any atom is 0.357 e. The monoisotopic (exact) mass is 392 g/mol. The van der Waals surface area contributed by atoms with Crippen LogP contribution in [0.15, 0.2) is 41.1 Å². The van der Waals surface area contributed by atoms with Gasteiger partial charge in [0, 0.05) is 16.8 Å². The quantitative estimate of drug-likeness (QED) is 0.644. The van der Waals surface area contributed by atoms with Gasteiger partial charge in [-0.15, -0.1) is 11.3 Å². The van der Waals surface area contributed by atoms with Crippen LogP contribution in [0.1, 0.15) is 40.8 Å². The van der Waals surface area contributed by atoms with Crippen molar-refractivity contribution in [3.05, 3.63) is 57.4 Å². The molecular weight excluding hydrogens is 372 g/mol. The molecule has 26 heavy (non-hydrogen) atoms. The van der Waals surface area contributed by atoms with Gasteiger partial charge in [0.05, 0.1) is 13.2 Å². The van der Waals surface area contributed by atoms with Gasteiger partial charge in [0.15, 0.2) is 5.69 Å². The number of sulfonamides is 1. The number of hydrogen-bond acceptors (Lipinski definition) is 6. The van der Waals surface area contributed by atoms with E-state index in [0.29, 0.717) is 5.01 Å². The molecule has 0 N–H and O–H groups in total. The number of esters is 1. The zero-order valence-corrected chi connectivity index (χ0v) is 16.0. The third-order valence-electron chi connectivity index (χ3n) is 3.84. The molecule has 8 heteroatoms. The highest BCUT2D eigenvalue weighted by atomic mass is 32.2. The molecule has 0 atom stereocenters. The van der Waals surface area contributed by atoms with E-state index in [9.17, 15) is 13.2 Å². The van der Waals surface area contributed by atoms with Crippen LogP contribution in [-0.2, 0) is 21.3 Å². The minimum Gasteiger partial charge on any atom is -0.461 e. The highest BCUT2D eigenvalue weighted by Gasteiger charge is 2.36. The molecule has 1 aromatic heterocycles. The Morgan fingerprint density at radius 3 is 2.73 bits per heavy atom. The molecule has 1 heterocycles. The van der Waals surface area contributed by atoms with Crippen LogP contribution in [0.3, 0.4) is 0 Å². The highest BCUT2D eigenvalue weighted by Crippen LogP contribution is 2.32. The third-order valence-corrected chi connectivity index (χ3v) is 6.24. The Hall–Kier alpha value is -2.03. The fourth-order valence-electron chi connectivity index (χ4n) is 2.41. The first-order valence-corrected chi connectivity index (χ1v) is 10.7. The average Bonchev–Trinajstić information content (AvgIpc) is 3.36.